The minimum absolute atomic E-state index is 0.0785. The van der Waals surface area contributed by atoms with Crippen LogP contribution in [0.2, 0.25) is 0 Å². The first-order chi connectivity index (χ1) is 8.27. The lowest BCUT2D eigenvalue weighted by Crippen LogP contribution is -2.48. The topological polar surface area (TPSA) is 38.3 Å². The molecule has 0 bridgehead atoms. The molecular formula is C13H19NO2S. The van der Waals surface area contributed by atoms with Crippen LogP contribution in [0.15, 0.2) is 17.5 Å². The second-order valence-corrected chi connectivity index (χ2v) is 5.55. The maximum atomic E-state index is 12.2. The summed E-state index contributed by atoms with van der Waals surface area (Å²) in [6.07, 6.45) is 3.84. The molecule has 94 valence electrons. The summed E-state index contributed by atoms with van der Waals surface area (Å²) in [6, 6.07) is 3.97. The van der Waals surface area contributed by atoms with Gasteiger partial charge in [0.05, 0.1) is 0 Å². The number of ether oxygens (including phenoxy) is 1. The lowest BCUT2D eigenvalue weighted by molar-refractivity contribution is -0.152. The molecule has 0 spiro atoms. The molecule has 1 saturated heterocycles. The molecule has 3 nitrogen and oxygen atoms in total. The van der Waals surface area contributed by atoms with Gasteiger partial charge in [0.2, 0.25) is 0 Å². The van der Waals surface area contributed by atoms with E-state index in [9.17, 15) is 4.79 Å². The zero-order valence-electron chi connectivity index (χ0n) is 10.2. The zero-order valence-corrected chi connectivity index (χ0v) is 11.0. The predicted molar refractivity (Wildman–Crippen MR) is 69.0 cm³/mol. The highest BCUT2D eigenvalue weighted by Crippen LogP contribution is 2.26. The third-order valence-corrected chi connectivity index (χ3v) is 4.09. The Bertz CT molecular complexity index is 356. The molecule has 0 aromatic carbocycles. The maximum absolute atomic E-state index is 12.2. The van der Waals surface area contributed by atoms with E-state index in [0.29, 0.717) is 6.61 Å². The third-order valence-electron chi connectivity index (χ3n) is 3.24. The van der Waals surface area contributed by atoms with Crippen molar-refractivity contribution in [3.05, 3.63) is 22.4 Å². The van der Waals surface area contributed by atoms with Gasteiger partial charge in [-0.2, -0.15) is 0 Å². The van der Waals surface area contributed by atoms with E-state index in [4.69, 9.17) is 4.74 Å². The van der Waals surface area contributed by atoms with Gasteiger partial charge in [0.1, 0.15) is 12.1 Å². The number of esters is 1. The van der Waals surface area contributed by atoms with Crippen LogP contribution in [0.4, 0.5) is 0 Å². The first-order valence-electron chi connectivity index (χ1n) is 6.21. The number of nitrogens with one attached hydrogen (secondary N) is 1. The fraction of sp³-hybridized carbons (Fsp3) is 0.615. The molecule has 1 unspecified atom stereocenters. The van der Waals surface area contributed by atoms with E-state index < -0.39 is 5.54 Å². The molecule has 1 atom stereocenters. The fourth-order valence-corrected chi connectivity index (χ4v) is 3.01. The van der Waals surface area contributed by atoms with Gasteiger partial charge in [-0.3, -0.25) is 4.79 Å². The lowest BCUT2D eigenvalue weighted by Gasteiger charge is -2.26. The molecule has 0 amide bonds. The minimum atomic E-state index is -0.411. The monoisotopic (exact) mass is 253 g/mol. The van der Waals surface area contributed by atoms with Crippen LogP contribution in [-0.2, 0) is 16.1 Å². The minimum Gasteiger partial charge on any atom is -0.459 e. The molecule has 1 aliphatic rings. The normalized spacial score (nSPS) is 23.8. The van der Waals surface area contributed by atoms with Crippen molar-refractivity contribution < 1.29 is 9.53 Å². The van der Waals surface area contributed by atoms with Crippen LogP contribution in [0.3, 0.4) is 0 Å². The SMILES string of the molecule is CCCC1(C(=O)OCc2cccs2)CCCN1. The van der Waals surface area contributed by atoms with E-state index in [2.05, 4.69) is 12.2 Å². The van der Waals surface area contributed by atoms with Gasteiger partial charge in [0.25, 0.3) is 0 Å². The second kappa shape index (κ2) is 5.65. The summed E-state index contributed by atoms with van der Waals surface area (Å²) in [7, 11) is 0. The summed E-state index contributed by atoms with van der Waals surface area (Å²) in [5, 5.41) is 5.33. The third kappa shape index (κ3) is 2.87. The van der Waals surface area contributed by atoms with Crippen molar-refractivity contribution in [3.63, 3.8) is 0 Å². The molecule has 0 radical (unpaired) electrons. The van der Waals surface area contributed by atoms with Gasteiger partial charge in [-0.1, -0.05) is 19.4 Å². The van der Waals surface area contributed by atoms with Crippen molar-refractivity contribution in [2.75, 3.05) is 6.54 Å². The molecule has 1 N–H and O–H groups in total. The fourth-order valence-electron chi connectivity index (χ4n) is 2.39. The number of thiophene rings is 1. The van der Waals surface area contributed by atoms with E-state index >= 15 is 0 Å². The van der Waals surface area contributed by atoms with Crippen molar-refractivity contribution in [1.29, 1.82) is 0 Å². The number of rotatable bonds is 5. The van der Waals surface area contributed by atoms with Crippen molar-refractivity contribution >= 4 is 17.3 Å². The van der Waals surface area contributed by atoms with Gasteiger partial charge in [-0.15, -0.1) is 11.3 Å². The average molecular weight is 253 g/mol. The summed E-state index contributed by atoms with van der Waals surface area (Å²) in [5.41, 5.74) is -0.411. The Hall–Kier alpha value is -0.870. The Labute approximate surface area is 106 Å². The van der Waals surface area contributed by atoms with Crippen molar-refractivity contribution in [1.82, 2.24) is 5.32 Å². The molecular weight excluding hydrogens is 234 g/mol. The van der Waals surface area contributed by atoms with Gasteiger partial charge in [0, 0.05) is 4.88 Å². The Morgan fingerprint density at radius 1 is 1.65 bits per heavy atom. The highest BCUT2D eigenvalue weighted by Gasteiger charge is 2.41. The van der Waals surface area contributed by atoms with Crippen LogP contribution in [-0.4, -0.2) is 18.1 Å². The molecule has 2 heterocycles. The van der Waals surface area contributed by atoms with Gasteiger partial charge in [-0.05, 0) is 37.3 Å². The first kappa shape index (κ1) is 12.6. The summed E-state index contributed by atoms with van der Waals surface area (Å²) in [6.45, 7) is 3.44. The first-order valence-corrected chi connectivity index (χ1v) is 7.09. The van der Waals surface area contributed by atoms with E-state index in [-0.39, 0.29) is 5.97 Å². The van der Waals surface area contributed by atoms with Crippen LogP contribution in [0.5, 0.6) is 0 Å². The molecule has 1 aromatic rings. The lowest BCUT2D eigenvalue weighted by atomic mass is 9.92. The van der Waals surface area contributed by atoms with E-state index in [0.717, 1.165) is 37.1 Å². The van der Waals surface area contributed by atoms with Crippen molar-refractivity contribution in [2.24, 2.45) is 0 Å². The largest absolute Gasteiger partial charge is 0.459 e. The maximum Gasteiger partial charge on any atom is 0.326 e. The van der Waals surface area contributed by atoms with Crippen LogP contribution in [0.25, 0.3) is 0 Å². The standard InChI is InChI=1S/C13H19NO2S/c1-2-6-13(7-4-8-14-13)12(15)16-10-11-5-3-9-17-11/h3,5,9,14H,2,4,6-8,10H2,1H3. The van der Waals surface area contributed by atoms with Gasteiger partial charge < -0.3 is 10.1 Å². The van der Waals surface area contributed by atoms with Crippen molar-refractivity contribution in [2.45, 2.75) is 44.8 Å². The Morgan fingerprint density at radius 2 is 2.53 bits per heavy atom. The van der Waals surface area contributed by atoms with Crippen LogP contribution < -0.4 is 5.32 Å². The summed E-state index contributed by atoms with van der Waals surface area (Å²) >= 11 is 1.62. The van der Waals surface area contributed by atoms with Gasteiger partial charge in [-0.25, -0.2) is 0 Å². The molecule has 2 rings (SSSR count). The van der Waals surface area contributed by atoms with E-state index in [1.54, 1.807) is 11.3 Å². The highest BCUT2D eigenvalue weighted by atomic mass is 32.1. The Kier molecular flexibility index (Phi) is 4.18. The molecule has 1 aliphatic heterocycles. The summed E-state index contributed by atoms with van der Waals surface area (Å²) in [5.74, 6) is -0.0785. The number of hydrogen-bond donors (Lipinski definition) is 1. The smallest absolute Gasteiger partial charge is 0.326 e. The number of hydrogen-bond acceptors (Lipinski definition) is 4. The molecule has 0 aliphatic carbocycles. The Morgan fingerprint density at radius 3 is 3.12 bits per heavy atom. The van der Waals surface area contributed by atoms with Crippen molar-refractivity contribution in [3.8, 4) is 0 Å². The highest BCUT2D eigenvalue weighted by molar-refractivity contribution is 7.09. The molecule has 17 heavy (non-hydrogen) atoms. The number of carbonyl (C=O) groups excluding carboxylic acids is 1. The van der Waals surface area contributed by atoms with E-state index in [1.165, 1.54) is 0 Å². The molecule has 4 heteroatoms. The van der Waals surface area contributed by atoms with Gasteiger partial charge >= 0.3 is 5.97 Å². The predicted octanol–water partition coefficient (Wildman–Crippen LogP) is 2.71. The Balaban J connectivity index is 1.92. The molecule has 1 fully saturated rings. The zero-order chi connectivity index (χ0) is 12.1. The molecule has 0 saturated carbocycles. The summed E-state index contributed by atoms with van der Waals surface area (Å²) < 4.78 is 5.44. The second-order valence-electron chi connectivity index (χ2n) is 4.52. The van der Waals surface area contributed by atoms with Crippen LogP contribution in [0, 0.1) is 0 Å². The van der Waals surface area contributed by atoms with E-state index in [1.807, 2.05) is 17.5 Å². The van der Waals surface area contributed by atoms with Crippen LogP contribution >= 0.6 is 11.3 Å². The van der Waals surface area contributed by atoms with Gasteiger partial charge in [0.15, 0.2) is 0 Å². The quantitative estimate of drug-likeness (QED) is 0.820. The summed E-state index contributed by atoms with van der Waals surface area (Å²) in [4.78, 5) is 13.3. The van der Waals surface area contributed by atoms with Crippen LogP contribution in [0.1, 0.15) is 37.5 Å². The number of carbonyl (C=O) groups is 1. The average Bonchev–Trinajstić information content (AvgIpc) is 2.97. The molecule has 1 aromatic heterocycles.